The minimum Gasteiger partial charge on any atom is -0.494 e. The van der Waals surface area contributed by atoms with Crippen molar-refractivity contribution in [2.24, 2.45) is 0 Å². The Labute approximate surface area is 110 Å². The minimum absolute atomic E-state index is 0.0229. The van der Waals surface area contributed by atoms with Gasteiger partial charge in [0, 0.05) is 6.42 Å². The van der Waals surface area contributed by atoms with Gasteiger partial charge in [-0.3, -0.25) is 4.79 Å². The molecule has 1 rings (SSSR count). The van der Waals surface area contributed by atoms with Crippen LogP contribution in [0.15, 0.2) is 24.3 Å². The normalized spacial score (nSPS) is 11.9. The molecule has 0 aliphatic heterocycles. The molecule has 3 nitrogen and oxygen atoms in total. The monoisotopic (exact) mass is 249 g/mol. The quantitative estimate of drug-likeness (QED) is 0.803. The predicted octanol–water partition coefficient (Wildman–Crippen LogP) is 3.45. The van der Waals surface area contributed by atoms with Crippen LogP contribution in [0.2, 0.25) is 0 Å². The maximum Gasteiger partial charge on any atom is 0.220 e. The second-order valence-electron chi connectivity index (χ2n) is 4.40. The largest absolute Gasteiger partial charge is 0.494 e. The Balaban J connectivity index is 2.57. The third-order valence-electron chi connectivity index (χ3n) is 2.80. The standard InChI is InChI=1S/C15H23NO2/c1-4-6-10-15(17)16-12(3)13-8-7-9-14(11-13)18-5-2/h7-9,11-12H,4-6,10H2,1-3H3,(H,16,17). The van der Waals surface area contributed by atoms with Crippen LogP contribution in [0.3, 0.4) is 0 Å². The van der Waals surface area contributed by atoms with Crippen LogP contribution in [0.4, 0.5) is 0 Å². The highest BCUT2D eigenvalue weighted by Crippen LogP contribution is 2.19. The maximum atomic E-state index is 11.7. The molecule has 0 aliphatic carbocycles. The smallest absolute Gasteiger partial charge is 0.220 e. The van der Waals surface area contributed by atoms with E-state index in [-0.39, 0.29) is 11.9 Å². The number of hydrogen-bond acceptors (Lipinski definition) is 2. The molecule has 0 spiro atoms. The van der Waals surface area contributed by atoms with Gasteiger partial charge in [-0.25, -0.2) is 0 Å². The Kier molecular flexibility index (Phi) is 6.26. The Bertz CT molecular complexity index is 377. The van der Waals surface area contributed by atoms with Crippen molar-refractivity contribution in [2.75, 3.05) is 6.61 Å². The highest BCUT2D eigenvalue weighted by atomic mass is 16.5. The van der Waals surface area contributed by atoms with E-state index in [2.05, 4.69) is 12.2 Å². The summed E-state index contributed by atoms with van der Waals surface area (Å²) < 4.78 is 5.45. The zero-order chi connectivity index (χ0) is 13.4. The third kappa shape index (κ3) is 4.78. The van der Waals surface area contributed by atoms with Gasteiger partial charge in [-0.1, -0.05) is 25.5 Å². The summed E-state index contributed by atoms with van der Waals surface area (Å²) in [6, 6.07) is 7.89. The molecule has 1 N–H and O–H groups in total. The average molecular weight is 249 g/mol. The molecule has 3 heteroatoms. The molecule has 0 saturated heterocycles. The Morgan fingerprint density at radius 3 is 2.83 bits per heavy atom. The lowest BCUT2D eigenvalue weighted by Crippen LogP contribution is -2.26. The number of hydrogen-bond donors (Lipinski definition) is 1. The summed E-state index contributed by atoms with van der Waals surface area (Å²) in [5.41, 5.74) is 1.07. The fourth-order valence-electron chi connectivity index (χ4n) is 1.77. The van der Waals surface area contributed by atoms with Gasteiger partial charge in [0.25, 0.3) is 0 Å². The Hall–Kier alpha value is -1.51. The lowest BCUT2D eigenvalue weighted by Gasteiger charge is -2.15. The predicted molar refractivity (Wildman–Crippen MR) is 73.7 cm³/mol. The van der Waals surface area contributed by atoms with Crippen molar-refractivity contribution >= 4 is 5.91 Å². The first-order valence-electron chi connectivity index (χ1n) is 6.69. The zero-order valence-corrected chi connectivity index (χ0v) is 11.5. The average Bonchev–Trinajstić information content (AvgIpc) is 2.37. The summed E-state index contributed by atoms with van der Waals surface area (Å²) in [7, 11) is 0. The summed E-state index contributed by atoms with van der Waals surface area (Å²) in [5.74, 6) is 0.968. The van der Waals surface area contributed by atoms with Gasteiger partial charge in [0.2, 0.25) is 5.91 Å². The number of carbonyl (C=O) groups is 1. The molecular weight excluding hydrogens is 226 g/mol. The molecule has 1 unspecified atom stereocenters. The van der Waals surface area contributed by atoms with Gasteiger partial charge in [0.15, 0.2) is 0 Å². The van der Waals surface area contributed by atoms with Crippen molar-refractivity contribution in [3.63, 3.8) is 0 Å². The number of rotatable bonds is 7. The van der Waals surface area contributed by atoms with Gasteiger partial charge >= 0.3 is 0 Å². The third-order valence-corrected chi connectivity index (χ3v) is 2.80. The lowest BCUT2D eigenvalue weighted by atomic mass is 10.1. The molecule has 0 heterocycles. The summed E-state index contributed by atoms with van der Waals surface area (Å²) in [6.45, 7) is 6.69. The molecule has 1 atom stereocenters. The number of ether oxygens (including phenoxy) is 1. The van der Waals surface area contributed by atoms with Crippen LogP contribution in [0.1, 0.15) is 51.6 Å². The van der Waals surface area contributed by atoms with Crippen LogP contribution in [-0.4, -0.2) is 12.5 Å². The van der Waals surface area contributed by atoms with E-state index >= 15 is 0 Å². The molecule has 100 valence electrons. The number of benzene rings is 1. The van der Waals surface area contributed by atoms with E-state index in [0.29, 0.717) is 13.0 Å². The summed E-state index contributed by atoms with van der Waals surface area (Å²) in [6.07, 6.45) is 2.59. The highest BCUT2D eigenvalue weighted by molar-refractivity contribution is 5.76. The van der Waals surface area contributed by atoms with E-state index in [1.165, 1.54) is 0 Å². The molecule has 0 saturated carbocycles. The molecule has 1 aromatic carbocycles. The number of amides is 1. The second-order valence-corrected chi connectivity index (χ2v) is 4.40. The first-order chi connectivity index (χ1) is 8.67. The maximum absolute atomic E-state index is 11.7. The van der Waals surface area contributed by atoms with Crippen molar-refractivity contribution in [2.45, 2.75) is 46.1 Å². The number of nitrogens with one attached hydrogen (secondary N) is 1. The fraction of sp³-hybridized carbons (Fsp3) is 0.533. The molecular formula is C15H23NO2. The van der Waals surface area contributed by atoms with Crippen molar-refractivity contribution in [3.8, 4) is 5.75 Å². The van der Waals surface area contributed by atoms with E-state index in [4.69, 9.17) is 4.74 Å². The van der Waals surface area contributed by atoms with E-state index in [1.54, 1.807) is 0 Å². The van der Waals surface area contributed by atoms with Crippen LogP contribution in [-0.2, 0) is 4.79 Å². The van der Waals surface area contributed by atoms with Crippen molar-refractivity contribution in [1.82, 2.24) is 5.32 Å². The van der Waals surface area contributed by atoms with Gasteiger partial charge in [0.1, 0.15) is 5.75 Å². The topological polar surface area (TPSA) is 38.3 Å². The Morgan fingerprint density at radius 1 is 1.39 bits per heavy atom. The molecule has 0 aliphatic rings. The molecule has 1 aromatic rings. The van der Waals surface area contributed by atoms with Crippen LogP contribution in [0, 0.1) is 0 Å². The molecule has 0 radical (unpaired) electrons. The van der Waals surface area contributed by atoms with E-state index in [1.807, 2.05) is 38.1 Å². The zero-order valence-electron chi connectivity index (χ0n) is 11.5. The van der Waals surface area contributed by atoms with Crippen molar-refractivity contribution in [1.29, 1.82) is 0 Å². The summed E-state index contributed by atoms with van der Waals surface area (Å²) in [4.78, 5) is 11.7. The van der Waals surface area contributed by atoms with Gasteiger partial charge < -0.3 is 10.1 Å². The van der Waals surface area contributed by atoms with Gasteiger partial charge in [-0.05, 0) is 38.0 Å². The molecule has 0 aromatic heterocycles. The SMILES string of the molecule is CCCCC(=O)NC(C)c1cccc(OCC)c1. The van der Waals surface area contributed by atoms with Crippen LogP contribution >= 0.6 is 0 Å². The lowest BCUT2D eigenvalue weighted by molar-refractivity contribution is -0.121. The summed E-state index contributed by atoms with van der Waals surface area (Å²) in [5, 5.41) is 3.01. The highest BCUT2D eigenvalue weighted by Gasteiger charge is 2.09. The van der Waals surface area contributed by atoms with Gasteiger partial charge in [-0.2, -0.15) is 0 Å². The second kappa shape index (κ2) is 7.75. The van der Waals surface area contributed by atoms with Crippen LogP contribution in [0.25, 0.3) is 0 Å². The van der Waals surface area contributed by atoms with Crippen molar-refractivity contribution in [3.05, 3.63) is 29.8 Å². The molecule has 0 bridgehead atoms. The molecule has 0 fully saturated rings. The summed E-state index contributed by atoms with van der Waals surface area (Å²) >= 11 is 0. The van der Waals surface area contributed by atoms with Crippen LogP contribution in [0.5, 0.6) is 5.75 Å². The first kappa shape index (κ1) is 14.6. The Morgan fingerprint density at radius 2 is 2.17 bits per heavy atom. The number of carbonyl (C=O) groups excluding carboxylic acids is 1. The van der Waals surface area contributed by atoms with Crippen LogP contribution < -0.4 is 10.1 Å². The van der Waals surface area contributed by atoms with E-state index in [9.17, 15) is 4.79 Å². The van der Waals surface area contributed by atoms with Gasteiger partial charge in [-0.15, -0.1) is 0 Å². The molecule has 1 amide bonds. The molecule has 18 heavy (non-hydrogen) atoms. The van der Waals surface area contributed by atoms with Gasteiger partial charge in [0.05, 0.1) is 12.6 Å². The minimum atomic E-state index is 0.0229. The van der Waals surface area contributed by atoms with E-state index < -0.39 is 0 Å². The fourth-order valence-corrected chi connectivity index (χ4v) is 1.77. The van der Waals surface area contributed by atoms with Crippen molar-refractivity contribution < 1.29 is 9.53 Å². The van der Waals surface area contributed by atoms with E-state index in [0.717, 1.165) is 24.2 Å². The number of unbranched alkanes of at least 4 members (excludes halogenated alkanes) is 1. The first-order valence-corrected chi connectivity index (χ1v) is 6.69.